The van der Waals surface area contributed by atoms with Crippen LogP contribution in [0.3, 0.4) is 0 Å². The first-order chi connectivity index (χ1) is 9.77. The summed E-state index contributed by atoms with van der Waals surface area (Å²) in [5.74, 6) is 0.443. The summed E-state index contributed by atoms with van der Waals surface area (Å²) < 4.78 is 0. The topological polar surface area (TPSA) is 47.6 Å². The number of rotatable bonds is 6. The zero-order chi connectivity index (χ0) is 14.4. The Labute approximate surface area is 123 Å². The lowest BCUT2D eigenvalue weighted by atomic mass is 9.97. The van der Waals surface area contributed by atoms with E-state index in [2.05, 4.69) is 34.3 Å². The summed E-state index contributed by atoms with van der Waals surface area (Å²) in [4.78, 5) is 17.7. The number of piperazine rings is 2. The molecular weight excluding hydrogens is 252 g/mol. The van der Waals surface area contributed by atoms with Crippen molar-refractivity contribution >= 4 is 5.78 Å². The first-order valence-electron chi connectivity index (χ1n) is 8.21. The van der Waals surface area contributed by atoms with E-state index in [9.17, 15) is 4.79 Å². The lowest BCUT2D eigenvalue weighted by Gasteiger charge is -2.39. The highest BCUT2D eigenvalue weighted by Crippen LogP contribution is 2.15. The molecule has 2 aliphatic heterocycles. The van der Waals surface area contributed by atoms with Gasteiger partial charge < -0.3 is 10.6 Å². The molecule has 2 atom stereocenters. The molecular formula is C15H30N4O. The van der Waals surface area contributed by atoms with Crippen LogP contribution >= 0.6 is 0 Å². The van der Waals surface area contributed by atoms with Gasteiger partial charge in [-0.15, -0.1) is 0 Å². The number of hydrogen-bond acceptors (Lipinski definition) is 5. The number of nitrogens with zero attached hydrogens (tertiary/aromatic N) is 2. The smallest absolute Gasteiger partial charge is 0.166 e. The van der Waals surface area contributed by atoms with Crippen LogP contribution in [0.15, 0.2) is 0 Å². The van der Waals surface area contributed by atoms with Crippen LogP contribution in [0.5, 0.6) is 0 Å². The molecule has 0 aromatic heterocycles. The van der Waals surface area contributed by atoms with Crippen LogP contribution in [0, 0.1) is 0 Å². The van der Waals surface area contributed by atoms with Gasteiger partial charge in [-0.25, -0.2) is 0 Å². The summed E-state index contributed by atoms with van der Waals surface area (Å²) in [6.45, 7) is 12.3. The van der Waals surface area contributed by atoms with Gasteiger partial charge in [0.15, 0.2) is 5.78 Å². The van der Waals surface area contributed by atoms with Crippen LogP contribution in [-0.4, -0.2) is 80.0 Å². The summed E-state index contributed by atoms with van der Waals surface area (Å²) in [5.41, 5.74) is 0. The lowest BCUT2D eigenvalue weighted by molar-refractivity contribution is -0.130. The molecule has 5 heteroatoms. The molecule has 5 nitrogen and oxygen atoms in total. The highest BCUT2D eigenvalue weighted by atomic mass is 16.1. The van der Waals surface area contributed by atoms with Gasteiger partial charge in [0.1, 0.15) is 0 Å². The van der Waals surface area contributed by atoms with Crippen molar-refractivity contribution in [2.45, 2.75) is 38.8 Å². The quantitative estimate of drug-likeness (QED) is 0.714. The minimum atomic E-state index is 0.108. The number of hydrogen-bond donors (Lipinski definition) is 2. The van der Waals surface area contributed by atoms with E-state index in [0.717, 1.165) is 65.2 Å². The molecule has 2 heterocycles. The molecule has 0 amide bonds. The fraction of sp³-hybridized carbons (Fsp3) is 0.933. The van der Waals surface area contributed by atoms with Crippen molar-refractivity contribution in [3.8, 4) is 0 Å². The normalized spacial score (nSPS) is 25.3. The molecule has 2 aliphatic rings. The van der Waals surface area contributed by atoms with Crippen LogP contribution < -0.4 is 10.6 Å². The van der Waals surface area contributed by atoms with E-state index in [1.165, 1.54) is 0 Å². The maximum Gasteiger partial charge on any atom is 0.166 e. The van der Waals surface area contributed by atoms with E-state index in [4.69, 9.17) is 0 Å². The van der Waals surface area contributed by atoms with Crippen molar-refractivity contribution in [2.24, 2.45) is 0 Å². The number of ketones is 1. The van der Waals surface area contributed by atoms with Crippen LogP contribution in [0.4, 0.5) is 0 Å². The number of carbonyl (C=O) groups is 1. The van der Waals surface area contributed by atoms with E-state index in [0.29, 0.717) is 5.78 Å². The van der Waals surface area contributed by atoms with Crippen molar-refractivity contribution in [1.29, 1.82) is 0 Å². The molecule has 0 aromatic carbocycles. The maximum absolute atomic E-state index is 13.0. The molecule has 0 spiro atoms. The van der Waals surface area contributed by atoms with Gasteiger partial charge in [-0.1, -0.05) is 13.8 Å². The fourth-order valence-corrected chi connectivity index (χ4v) is 3.49. The van der Waals surface area contributed by atoms with Crippen LogP contribution in [-0.2, 0) is 4.79 Å². The van der Waals surface area contributed by atoms with E-state index in [-0.39, 0.29) is 12.1 Å². The molecule has 0 radical (unpaired) electrons. The van der Waals surface area contributed by atoms with Crippen molar-refractivity contribution < 1.29 is 4.79 Å². The predicted molar refractivity (Wildman–Crippen MR) is 82.1 cm³/mol. The van der Waals surface area contributed by atoms with Crippen molar-refractivity contribution in [3.05, 3.63) is 0 Å². The zero-order valence-corrected chi connectivity index (χ0v) is 13.0. The van der Waals surface area contributed by atoms with Crippen molar-refractivity contribution in [3.63, 3.8) is 0 Å². The third kappa shape index (κ3) is 3.79. The number of Topliss-reactive ketones (excluding diaryl/α,β-unsaturated/α-hetero) is 1. The summed E-state index contributed by atoms with van der Waals surface area (Å²) >= 11 is 0. The number of nitrogens with one attached hydrogen (secondary N) is 2. The zero-order valence-electron chi connectivity index (χ0n) is 13.0. The summed E-state index contributed by atoms with van der Waals surface area (Å²) in [5, 5.41) is 6.74. The Balaban J connectivity index is 2.00. The molecule has 2 saturated heterocycles. The number of carbonyl (C=O) groups excluding carboxylic acids is 1. The Morgan fingerprint density at radius 1 is 0.850 bits per heavy atom. The fourth-order valence-electron chi connectivity index (χ4n) is 3.49. The van der Waals surface area contributed by atoms with Crippen LogP contribution in [0.25, 0.3) is 0 Å². The molecule has 20 heavy (non-hydrogen) atoms. The summed E-state index contributed by atoms with van der Waals surface area (Å²) in [6, 6.07) is 0.217. The Morgan fingerprint density at radius 3 is 1.50 bits per heavy atom. The third-order valence-corrected chi connectivity index (χ3v) is 4.61. The molecule has 116 valence electrons. The Bertz CT molecular complexity index is 270. The highest BCUT2D eigenvalue weighted by molar-refractivity contribution is 5.89. The van der Waals surface area contributed by atoms with Crippen LogP contribution in [0.2, 0.25) is 0 Å². The second kappa shape index (κ2) is 8.08. The molecule has 0 bridgehead atoms. The van der Waals surface area contributed by atoms with E-state index < -0.39 is 0 Å². The Hall–Kier alpha value is -0.490. The van der Waals surface area contributed by atoms with Gasteiger partial charge in [0.05, 0.1) is 12.1 Å². The van der Waals surface area contributed by atoms with Gasteiger partial charge in [0, 0.05) is 52.4 Å². The standard InChI is InChI=1S/C15H30N4O/c1-3-13(18-9-5-16-6-10-18)15(20)14(4-2)19-11-7-17-8-12-19/h13-14,16-17H,3-12H2,1-2H3. The molecule has 0 saturated carbocycles. The molecule has 2 N–H and O–H groups in total. The van der Waals surface area contributed by atoms with Crippen molar-refractivity contribution in [1.82, 2.24) is 20.4 Å². The highest BCUT2D eigenvalue weighted by Gasteiger charge is 2.33. The molecule has 0 aromatic rings. The van der Waals surface area contributed by atoms with Gasteiger partial charge in [-0.05, 0) is 12.8 Å². The Kier molecular flexibility index (Phi) is 6.42. The van der Waals surface area contributed by atoms with E-state index in [1.807, 2.05) is 0 Å². The van der Waals surface area contributed by atoms with Gasteiger partial charge in [-0.2, -0.15) is 0 Å². The maximum atomic E-state index is 13.0. The summed E-state index contributed by atoms with van der Waals surface area (Å²) in [6.07, 6.45) is 1.86. The SMILES string of the molecule is CCC(C(=O)C(CC)N1CCNCC1)N1CCNCC1. The lowest BCUT2D eigenvalue weighted by Crippen LogP contribution is -2.57. The molecule has 2 fully saturated rings. The van der Waals surface area contributed by atoms with Gasteiger partial charge in [-0.3, -0.25) is 14.6 Å². The first-order valence-corrected chi connectivity index (χ1v) is 8.21. The monoisotopic (exact) mass is 282 g/mol. The average Bonchev–Trinajstić information content (AvgIpc) is 2.51. The summed E-state index contributed by atoms with van der Waals surface area (Å²) in [7, 11) is 0. The van der Waals surface area contributed by atoms with E-state index >= 15 is 0 Å². The molecule has 2 rings (SSSR count). The van der Waals surface area contributed by atoms with Crippen LogP contribution in [0.1, 0.15) is 26.7 Å². The van der Waals surface area contributed by atoms with Crippen molar-refractivity contribution in [2.75, 3.05) is 52.4 Å². The second-order valence-corrected chi connectivity index (χ2v) is 5.82. The predicted octanol–water partition coefficient (Wildman–Crippen LogP) is -0.0769. The van der Waals surface area contributed by atoms with Gasteiger partial charge >= 0.3 is 0 Å². The van der Waals surface area contributed by atoms with Gasteiger partial charge in [0.2, 0.25) is 0 Å². The molecule has 2 unspecified atom stereocenters. The first kappa shape index (κ1) is 15.9. The van der Waals surface area contributed by atoms with Gasteiger partial charge in [0.25, 0.3) is 0 Å². The molecule has 0 aliphatic carbocycles. The minimum Gasteiger partial charge on any atom is -0.314 e. The minimum absolute atomic E-state index is 0.108. The second-order valence-electron chi connectivity index (χ2n) is 5.82. The Morgan fingerprint density at radius 2 is 1.20 bits per heavy atom. The average molecular weight is 282 g/mol. The third-order valence-electron chi connectivity index (χ3n) is 4.61. The van der Waals surface area contributed by atoms with E-state index in [1.54, 1.807) is 0 Å². The largest absolute Gasteiger partial charge is 0.314 e.